The Morgan fingerprint density at radius 3 is 2.54 bits per heavy atom. The summed E-state index contributed by atoms with van der Waals surface area (Å²) in [5.74, 6) is -0.295. The Balaban J connectivity index is 2.12. The van der Waals surface area contributed by atoms with Gasteiger partial charge in [0.1, 0.15) is 5.82 Å². The fourth-order valence-electron chi connectivity index (χ4n) is 2.80. The number of hydrogen-bond donors (Lipinski definition) is 1. The Morgan fingerprint density at radius 2 is 2.00 bits per heavy atom. The molecule has 1 aromatic carbocycles. The predicted molar refractivity (Wildman–Crippen MR) is 98.3 cm³/mol. The van der Waals surface area contributed by atoms with Crippen molar-refractivity contribution in [3.8, 4) is 0 Å². The molecule has 0 unspecified atom stereocenters. The molecule has 2 aromatic rings. The van der Waals surface area contributed by atoms with Gasteiger partial charge in [-0.3, -0.25) is 4.68 Å². The number of urea groups is 1. The number of rotatable bonds is 7. The van der Waals surface area contributed by atoms with Crippen molar-refractivity contribution < 1.29 is 13.9 Å². The van der Waals surface area contributed by atoms with E-state index in [9.17, 15) is 9.18 Å². The van der Waals surface area contributed by atoms with Crippen molar-refractivity contribution in [3.63, 3.8) is 0 Å². The van der Waals surface area contributed by atoms with Crippen LogP contribution in [0.1, 0.15) is 35.5 Å². The SMILES string of the molecule is COCCN(Cc1c(C)nn(C)c1C)C(=O)N[C@H](C)c1ccc(F)cc1. The lowest BCUT2D eigenvalue weighted by atomic mass is 10.1. The lowest BCUT2D eigenvalue weighted by molar-refractivity contribution is 0.145. The van der Waals surface area contributed by atoms with Crippen LogP contribution in [0.5, 0.6) is 0 Å². The van der Waals surface area contributed by atoms with Crippen molar-refractivity contribution in [1.82, 2.24) is 20.0 Å². The van der Waals surface area contributed by atoms with Gasteiger partial charge >= 0.3 is 6.03 Å². The van der Waals surface area contributed by atoms with E-state index >= 15 is 0 Å². The molecular formula is C19H27FN4O2. The number of amides is 2. The van der Waals surface area contributed by atoms with Gasteiger partial charge in [-0.05, 0) is 38.5 Å². The molecule has 6 nitrogen and oxygen atoms in total. The molecule has 0 radical (unpaired) electrons. The van der Waals surface area contributed by atoms with E-state index in [1.807, 2.05) is 32.5 Å². The number of ether oxygens (including phenoxy) is 1. The molecule has 0 fully saturated rings. The van der Waals surface area contributed by atoms with E-state index in [0.29, 0.717) is 19.7 Å². The van der Waals surface area contributed by atoms with Gasteiger partial charge in [-0.1, -0.05) is 12.1 Å². The highest BCUT2D eigenvalue weighted by molar-refractivity contribution is 5.74. The van der Waals surface area contributed by atoms with Crippen molar-refractivity contribution >= 4 is 6.03 Å². The van der Waals surface area contributed by atoms with Crippen molar-refractivity contribution in [1.29, 1.82) is 0 Å². The molecule has 0 aliphatic carbocycles. The Bertz CT molecular complexity index is 743. The zero-order chi connectivity index (χ0) is 19.3. The van der Waals surface area contributed by atoms with Crippen LogP contribution >= 0.6 is 0 Å². The summed E-state index contributed by atoms with van der Waals surface area (Å²) in [5.41, 5.74) is 3.82. The molecule has 1 heterocycles. The first kappa shape index (κ1) is 19.9. The van der Waals surface area contributed by atoms with Gasteiger partial charge in [-0.2, -0.15) is 5.10 Å². The van der Waals surface area contributed by atoms with Gasteiger partial charge in [-0.25, -0.2) is 9.18 Å². The summed E-state index contributed by atoms with van der Waals surface area (Å²) in [6, 6.07) is 5.71. The van der Waals surface area contributed by atoms with Gasteiger partial charge in [-0.15, -0.1) is 0 Å². The lowest BCUT2D eigenvalue weighted by Crippen LogP contribution is -2.42. The maximum atomic E-state index is 13.1. The number of aryl methyl sites for hydroxylation is 2. The van der Waals surface area contributed by atoms with Crippen LogP contribution in [-0.2, 0) is 18.3 Å². The normalized spacial score (nSPS) is 12.1. The zero-order valence-electron chi connectivity index (χ0n) is 16.0. The maximum Gasteiger partial charge on any atom is 0.318 e. The summed E-state index contributed by atoms with van der Waals surface area (Å²) < 4.78 is 20.0. The Morgan fingerprint density at radius 1 is 1.35 bits per heavy atom. The fraction of sp³-hybridized carbons (Fsp3) is 0.474. The first-order chi connectivity index (χ1) is 12.3. The van der Waals surface area contributed by atoms with Crippen LogP contribution in [0, 0.1) is 19.7 Å². The Hall–Kier alpha value is -2.41. The minimum Gasteiger partial charge on any atom is -0.383 e. The van der Waals surface area contributed by atoms with E-state index in [-0.39, 0.29) is 17.9 Å². The molecule has 2 rings (SSSR count). The van der Waals surface area contributed by atoms with Crippen LogP contribution in [0.2, 0.25) is 0 Å². The Kier molecular flexibility index (Phi) is 6.74. The second kappa shape index (κ2) is 8.80. The Labute approximate surface area is 153 Å². The molecule has 1 atom stereocenters. The van der Waals surface area contributed by atoms with Crippen LogP contribution in [0.25, 0.3) is 0 Å². The summed E-state index contributed by atoms with van der Waals surface area (Å²) in [4.78, 5) is 14.5. The fourth-order valence-corrected chi connectivity index (χ4v) is 2.80. The molecule has 0 spiro atoms. The van der Waals surface area contributed by atoms with Crippen LogP contribution in [0.4, 0.5) is 9.18 Å². The van der Waals surface area contributed by atoms with Gasteiger partial charge in [0.25, 0.3) is 0 Å². The predicted octanol–water partition coefficient (Wildman–Crippen LogP) is 3.10. The second-order valence-corrected chi connectivity index (χ2v) is 6.41. The van der Waals surface area contributed by atoms with Gasteiger partial charge in [0.2, 0.25) is 0 Å². The minimum atomic E-state index is -0.295. The van der Waals surface area contributed by atoms with Crippen LogP contribution in [0.3, 0.4) is 0 Å². The van der Waals surface area contributed by atoms with Crippen LogP contribution in [-0.4, -0.2) is 41.0 Å². The van der Waals surface area contributed by atoms with Gasteiger partial charge < -0.3 is 15.0 Å². The molecule has 0 saturated carbocycles. The third-order valence-corrected chi connectivity index (χ3v) is 4.57. The third-order valence-electron chi connectivity index (χ3n) is 4.57. The first-order valence-electron chi connectivity index (χ1n) is 8.62. The quantitative estimate of drug-likeness (QED) is 0.823. The number of carbonyl (C=O) groups is 1. The standard InChI is InChI=1S/C19H27FN4O2/c1-13(16-6-8-17(20)9-7-16)21-19(25)24(10-11-26-5)12-18-14(2)22-23(4)15(18)3/h6-9,13H,10-12H2,1-5H3,(H,21,25)/t13-/m1/s1. The number of aromatic nitrogens is 2. The molecule has 1 N–H and O–H groups in total. The molecule has 26 heavy (non-hydrogen) atoms. The summed E-state index contributed by atoms with van der Waals surface area (Å²) >= 11 is 0. The second-order valence-electron chi connectivity index (χ2n) is 6.41. The van der Waals surface area contributed by atoms with Gasteiger partial charge in [0, 0.05) is 32.0 Å². The number of nitrogens with zero attached hydrogens (tertiary/aromatic N) is 3. The topological polar surface area (TPSA) is 59.4 Å². The highest BCUT2D eigenvalue weighted by Gasteiger charge is 2.20. The van der Waals surface area contributed by atoms with Crippen molar-refractivity contribution in [2.45, 2.75) is 33.4 Å². The van der Waals surface area contributed by atoms with E-state index in [2.05, 4.69) is 10.4 Å². The largest absolute Gasteiger partial charge is 0.383 e. The average Bonchev–Trinajstić information content (AvgIpc) is 2.84. The summed E-state index contributed by atoms with van der Waals surface area (Å²) in [6.45, 7) is 7.17. The third kappa shape index (κ3) is 4.82. The minimum absolute atomic E-state index is 0.193. The molecule has 7 heteroatoms. The van der Waals surface area contributed by atoms with Gasteiger partial charge in [0.15, 0.2) is 0 Å². The maximum absolute atomic E-state index is 13.1. The zero-order valence-corrected chi connectivity index (χ0v) is 16.0. The van der Waals surface area contributed by atoms with Crippen molar-refractivity contribution in [3.05, 3.63) is 52.6 Å². The molecule has 0 bridgehead atoms. The van der Waals surface area contributed by atoms with E-state index in [1.165, 1.54) is 12.1 Å². The van der Waals surface area contributed by atoms with Crippen molar-refractivity contribution in [2.24, 2.45) is 7.05 Å². The summed E-state index contributed by atoms with van der Waals surface area (Å²) in [7, 11) is 3.50. The molecule has 0 aliphatic heterocycles. The van der Waals surface area contributed by atoms with E-state index in [4.69, 9.17) is 4.74 Å². The lowest BCUT2D eigenvalue weighted by Gasteiger charge is -2.25. The number of hydrogen-bond acceptors (Lipinski definition) is 3. The number of halogens is 1. The van der Waals surface area contributed by atoms with Gasteiger partial charge in [0.05, 0.1) is 24.9 Å². The summed E-state index contributed by atoms with van der Waals surface area (Å²) in [6.07, 6.45) is 0. The van der Waals surface area contributed by atoms with E-state index < -0.39 is 0 Å². The number of carbonyl (C=O) groups excluding carboxylic acids is 1. The number of methoxy groups -OCH3 is 1. The van der Waals surface area contributed by atoms with E-state index in [0.717, 1.165) is 22.5 Å². The highest BCUT2D eigenvalue weighted by Crippen LogP contribution is 2.17. The average molecular weight is 362 g/mol. The number of benzene rings is 1. The monoisotopic (exact) mass is 362 g/mol. The molecular weight excluding hydrogens is 335 g/mol. The number of nitrogens with one attached hydrogen (secondary N) is 1. The highest BCUT2D eigenvalue weighted by atomic mass is 19.1. The smallest absolute Gasteiger partial charge is 0.318 e. The van der Waals surface area contributed by atoms with Crippen LogP contribution < -0.4 is 5.32 Å². The molecule has 0 aliphatic rings. The first-order valence-corrected chi connectivity index (χ1v) is 8.62. The molecule has 2 amide bonds. The molecule has 0 saturated heterocycles. The van der Waals surface area contributed by atoms with Crippen LogP contribution in [0.15, 0.2) is 24.3 Å². The molecule has 142 valence electrons. The van der Waals surface area contributed by atoms with E-state index in [1.54, 1.807) is 24.1 Å². The van der Waals surface area contributed by atoms with Crippen molar-refractivity contribution in [2.75, 3.05) is 20.3 Å². The summed E-state index contributed by atoms with van der Waals surface area (Å²) in [5, 5.41) is 7.38. The molecule has 1 aromatic heterocycles.